The van der Waals surface area contributed by atoms with E-state index in [0.29, 0.717) is 17.3 Å². The molecule has 30 heavy (non-hydrogen) atoms. The maximum atomic E-state index is 12.7. The van der Waals surface area contributed by atoms with Crippen molar-refractivity contribution in [3.63, 3.8) is 0 Å². The van der Waals surface area contributed by atoms with Gasteiger partial charge in [0.2, 0.25) is 5.91 Å². The minimum Gasteiger partial charge on any atom is -0.371 e. The van der Waals surface area contributed by atoms with E-state index in [4.69, 9.17) is 0 Å². The average molecular weight is 406 g/mol. The zero-order valence-electron chi connectivity index (χ0n) is 17.1. The van der Waals surface area contributed by atoms with Gasteiger partial charge in [-0.15, -0.1) is 0 Å². The third-order valence-electron chi connectivity index (χ3n) is 5.70. The first-order valence-electron chi connectivity index (χ1n) is 10.3. The highest BCUT2D eigenvalue weighted by molar-refractivity contribution is 5.80. The topological polar surface area (TPSA) is 78.4 Å². The zero-order chi connectivity index (χ0) is 21.1. The Morgan fingerprint density at radius 2 is 1.67 bits per heavy atom. The number of carbonyl (C=O) groups excluding carboxylic acids is 1. The van der Waals surface area contributed by atoms with E-state index in [0.717, 1.165) is 18.7 Å². The van der Waals surface area contributed by atoms with Crippen molar-refractivity contribution in [3.05, 3.63) is 74.8 Å². The molecule has 0 unspecified atom stereocenters. The van der Waals surface area contributed by atoms with Gasteiger partial charge in [0.25, 0.3) is 11.1 Å². The van der Waals surface area contributed by atoms with Gasteiger partial charge in [-0.3, -0.25) is 19.5 Å². The van der Waals surface area contributed by atoms with E-state index >= 15 is 0 Å². The SMILES string of the molecule is CN(Cc1ccccc1N1CCCC1)C(=O)CCn1[nH]c(=O)c2ccccc2c1=O. The molecule has 156 valence electrons. The zero-order valence-corrected chi connectivity index (χ0v) is 17.1. The molecule has 0 spiro atoms. The first-order valence-corrected chi connectivity index (χ1v) is 10.3. The number of benzene rings is 2. The molecule has 1 aromatic heterocycles. The molecule has 2 aromatic carbocycles. The van der Waals surface area contributed by atoms with Gasteiger partial charge in [0.05, 0.1) is 17.3 Å². The summed E-state index contributed by atoms with van der Waals surface area (Å²) in [6.45, 7) is 2.74. The van der Waals surface area contributed by atoms with Crippen molar-refractivity contribution >= 4 is 22.4 Å². The Morgan fingerprint density at radius 1 is 1.00 bits per heavy atom. The lowest BCUT2D eigenvalue weighted by atomic mass is 10.1. The molecule has 1 aliphatic heterocycles. The highest BCUT2D eigenvalue weighted by atomic mass is 16.2. The summed E-state index contributed by atoms with van der Waals surface area (Å²) >= 11 is 0. The van der Waals surface area contributed by atoms with Gasteiger partial charge in [-0.25, -0.2) is 4.68 Å². The highest BCUT2D eigenvalue weighted by Crippen LogP contribution is 2.25. The predicted molar refractivity (Wildman–Crippen MR) is 118 cm³/mol. The molecule has 1 saturated heterocycles. The lowest BCUT2D eigenvalue weighted by molar-refractivity contribution is -0.130. The number of rotatable bonds is 6. The van der Waals surface area contributed by atoms with Gasteiger partial charge in [-0.05, 0) is 36.6 Å². The molecule has 4 rings (SSSR count). The van der Waals surface area contributed by atoms with Crippen molar-refractivity contribution in [3.8, 4) is 0 Å². The van der Waals surface area contributed by atoms with Crippen LogP contribution in [0.5, 0.6) is 0 Å². The number of H-pyrrole nitrogens is 1. The number of para-hydroxylation sites is 1. The number of aryl methyl sites for hydroxylation is 1. The predicted octanol–water partition coefficient (Wildman–Crippen LogP) is 2.34. The number of hydrogen-bond donors (Lipinski definition) is 1. The van der Waals surface area contributed by atoms with Crippen molar-refractivity contribution in [1.82, 2.24) is 14.7 Å². The number of nitrogens with one attached hydrogen (secondary N) is 1. The standard InChI is InChI=1S/C23H26N4O3/c1-25(16-17-8-2-5-11-20(17)26-13-6-7-14-26)21(28)12-15-27-23(30)19-10-4-3-9-18(19)22(29)24-27/h2-5,8-11H,6-7,12-16H2,1H3,(H,24,29). The summed E-state index contributed by atoms with van der Waals surface area (Å²) in [4.78, 5) is 41.6. The molecule has 0 radical (unpaired) electrons. The number of hydrogen-bond acceptors (Lipinski definition) is 4. The Kier molecular flexibility index (Phi) is 5.70. The molecule has 1 fully saturated rings. The molecule has 2 heterocycles. The number of anilines is 1. The molecule has 1 aliphatic rings. The normalized spacial score (nSPS) is 13.7. The Balaban J connectivity index is 1.45. The Bertz CT molecular complexity index is 1170. The fourth-order valence-electron chi connectivity index (χ4n) is 4.06. The van der Waals surface area contributed by atoms with Gasteiger partial charge in [-0.1, -0.05) is 30.3 Å². The van der Waals surface area contributed by atoms with Crippen molar-refractivity contribution < 1.29 is 4.79 Å². The minimum atomic E-state index is -0.328. The summed E-state index contributed by atoms with van der Waals surface area (Å²) in [6, 6.07) is 14.9. The number of nitrogens with zero attached hydrogens (tertiary/aromatic N) is 3. The van der Waals surface area contributed by atoms with E-state index in [1.165, 1.54) is 23.2 Å². The van der Waals surface area contributed by atoms with Crippen molar-refractivity contribution in [1.29, 1.82) is 0 Å². The Hall–Kier alpha value is -3.35. The molecule has 1 N–H and O–H groups in total. The second-order valence-corrected chi connectivity index (χ2v) is 7.77. The number of aromatic nitrogens is 2. The lowest BCUT2D eigenvalue weighted by Crippen LogP contribution is -2.33. The second-order valence-electron chi connectivity index (χ2n) is 7.77. The van der Waals surface area contributed by atoms with Crippen molar-refractivity contribution in [2.45, 2.75) is 32.4 Å². The summed E-state index contributed by atoms with van der Waals surface area (Å²) in [5.41, 5.74) is 1.68. The maximum absolute atomic E-state index is 12.7. The van der Waals surface area contributed by atoms with Crippen LogP contribution in [0, 0.1) is 0 Å². The Labute approximate surface area is 174 Å². The summed E-state index contributed by atoms with van der Waals surface area (Å²) in [7, 11) is 1.77. The molecular weight excluding hydrogens is 380 g/mol. The van der Waals surface area contributed by atoms with Crippen LogP contribution in [0.4, 0.5) is 5.69 Å². The van der Waals surface area contributed by atoms with E-state index < -0.39 is 0 Å². The molecule has 7 heteroatoms. The number of carbonyl (C=O) groups is 1. The largest absolute Gasteiger partial charge is 0.371 e. The molecule has 0 atom stereocenters. The average Bonchev–Trinajstić information content (AvgIpc) is 3.30. The molecular formula is C23H26N4O3. The van der Waals surface area contributed by atoms with Crippen LogP contribution in [0.2, 0.25) is 0 Å². The first kappa shape index (κ1) is 19.9. The quantitative estimate of drug-likeness (QED) is 0.682. The Morgan fingerprint density at radius 3 is 2.43 bits per heavy atom. The second kappa shape index (κ2) is 8.57. The van der Waals surface area contributed by atoms with Gasteiger partial charge in [-0.2, -0.15) is 0 Å². The van der Waals surface area contributed by atoms with Crippen molar-refractivity contribution in [2.24, 2.45) is 0 Å². The highest BCUT2D eigenvalue weighted by Gasteiger charge is 2.18. The third-order valence-corrected chi connectivity index (χ3v) is 5.70. The number of aromatic amines is 1. The van der Waals surface area contributed by atoms with Crippen LogP contribution in [0.15, 0.2) is 58.1 Å². The summed E-state index contributed by atoms with van der Waals surface area (Å²) in [5.74, 6) is -0.0767. The summed E-state index contributed by atoms with van der Waals surface area (Å²) in [5, 5.41) is 3.30. The minimum absolute atomic E-state index is 0.0767. The first-order chi connectivity index (χ1) is 14.5. The van der Waals surface area contributed by atoms with Crippen LogP contribution in [-0.4, -0.2) is 40.7 Å². The molecule has 1 amide bonds. The maximum Gasteiger partial charge on any atom is 0.273 e. The van der Waals surface area contributed by atoms with Gasteiger partial charge in [0.15, 0.2) is 0 Å². The lowest BCUT2D eigenvalue weighted by Gasteiger charge is -2.24. The van der Waals surface area contributed by atoms with Crippen molar-refractivity contribution in [2.75, 3.05) is 25.0 Å². The van der Waals surface area contributed by atoms with Crippen LogP contribution in [0.3, 0.4) is 0 Å². The molecule has 0 saturated carbocycles. The number of amides is 1. The van der Waals surface area contributed by atoms with Gasteiger partial charge >= 0.3 is 0 Å². The van der Waals surface area contributed by atoms with E-state index in [9.17, 15) is 14.4 Å². The fourth-order valence-corrected chi connectivity index (χ4v) is 4.06. The van der Waals surface area contributed by atoms with Crippen LogP contribution in [-0.2, 0) is 17.9 Å². The van der Waals surface area contributed by atoms with Crippen LogP contribution >= 0.6 is 0 Å². The van der Waals surface area contributed by atoms with Gasteiger partial charge in [0, 0.05) is 38.8 Å². The molecule has 7 nitrogen and oxygen atoms in total. The molecule has 3 aromatic rings. The fraction of sp³-hybridized carbons (Fsp3) is 0.348. The summed E-state index contributed by atoms with van der Waals surface area (Å²) in [6.07, 6.45) is 2.53. The van der Waals surface area contributed by atoms with Crippen LogP contribution in [0.1, 0.15) is 24.8 Å². The van der Waals surface area contributed by atoms with E-state index in [1.54, 1.807) is 36.2 Å². The van der Waals surface area contributed by atoms with E-state index in [2.05, 4.69) is 22.1 Å². The number of fused-ring (bicyclic) bond motifs is 1. The van der Waals surface area contributed by atoms with Crippen LogP contribution in [0.25, 0.3) is 10.8 Å². The van der Waals surface area contributed by atoms with E-state index in [-0.39, 0.29) is 30.0 Å². The smallest absolute Gasteiger partial charge is 0.273 e. The monoisotopic (exact) mass is 406 g/mol. The van der Waals surface area contributed by atoms with Gasteiger partial charge in [0.1, 0.15) is 0 Å². The molecule has 0 bridgehead atoms. The van der Waals surface area contributed by atoms with Gasteiger partial charge < -0.3 is 9.80 Å². The van der Waals surface area contributed by atoms with E-state index in [1.807, 2.05) is 12.1 Å². The molecule has 0 aliphatic carbocycles. The third kappa shape index (κ3) is 4.01. The van der Waals surface area contributed by atoms with Crippen LogP contribution < -0.4 is 16.0 Å². The summed E-state index contributed by atoms with van der Waals surface area (Å²) < 4.78 is 1.23.